The SMILES string of the molecule is CC1=NOC(c2ccccc2)(c2ccc(N)c(C)c2)C1. The molecule has 3 rings (SSSR count). The van der Waals surface area contributed by atoms with Gasteiger partial charge in [-0.1, -0.05) is 41.6 Å². The number of nitrogens with two attached hydrogens (primary N) is 1. The highest BCUT2D eigenvalue weighted by Gasteiger charge is 2.41. The first-order chi connectivity index (χ1) is 9.62. The van der Waals surface area contributed by atoms with Crippen molar-refractivity contribution in [1.29, 1.82) is 0 Å². The highest BCUT2D eigenvalue weighted by molar-refractivity contribution is 5.84. The van der Waals surface area contributed by atoms with Crippen LogP contribution in [0.25, 0.3) is 0 Å². The van der Waals surface area contributed by atoms with E-state index < -0.39 is 5.60 Å². The van der Waals surface area contributed by atoms with E-state index in [-0.39, 0.29) is 0 Å². The van der Waals surface area contributed by atoms with Crippen molar-refractivity contribution in [3.63, 3.8) is 0 Å². The fourth-order valence-electron chi connectivity index (χ4n) is 2.69. The maximum absolute atomic E-state index is 5.93. The molecular weight excluding hydrogens is 248 g/mol. The Morgan fingerprint density at radius 1 is 1.05 bits per heavy atom. The molecule has 3 nitrogen and oxygen atoms in total. The van der Waals surface area contributed by atoms with E-state index in [0.29, 0.717) is 0 Å². The molecule has 0 fully saturated rings. The number of anilines is 1. The molecule has 1 unspecified atom stereocenters. The van der Waals surface area contributed by atoms with Crippen LogP contribution >= 0.6 is 0 Å². The van der Waals surface area contributed by atoms with Crippen molar-refractivity contribution >= 4 is 11.4 Å². The topological polar surface area (TPSA) is 47.6 Å². The average molecular weight is 266 g/mol. The van der Waals surface area contributed by atoms with Crippen LogP contribution in [0.15, 0.2) is 53.7 Å². The summed E-state index contributed by atoms with van der Waals surface area (Å²) in [6.07, 6.45) is 0.764. The van der Waals surface area contributed by atoms with Crippen LogP contribution in [0.5, 0.6) is 0 Å². The van der Waals surface area contributed by atoms with E-state index in [4.69, 9.17) is 10.6 Å². The van der Waals surface area contributed by atoms with Crippen LogP contribution in [-0.2, 0) is 10.4 Å². The Kier molecular flexibility index (Phi) is 2.97. The quantitative estimate of drug-likeness (QED) is 0.844. The molecule has 0 bridgehead atoms. The predicted molar refractivity (Wildman–Crippen MR) is 81.6 cm³/mol. The third kappa shape index (κ3) is 1.95. The minimum Gasteiger partial charge on any atom is -0.399 e. The van der Waals surface area contributed by atoms with Gasteiger partial charge in [0, 0.05) is 23.2 Å². The molecule has 0 spiro atoms. The second-order valence-electron chi connectivity index (χ2n) is 5.36. The Morgan fingerprint density at radius 3 is 2.40 bits per heavy atom. The van der Waals surface area contributed by atoms with Gasteiger partial charge >= 0.3 is 0 Å². The third-order valence-corrected chi connectivity index (χ3v) is 3.84. The Labute approximate surface area is 119 Å². The molecule has 2 aromatic rings. The monoisotopic (exact) mass is 266 g/mol. The van der Waals surface area contributed by atoms with E-state index in [9.17, 15) is 0 Å². The summed E-state index contributed by atoms with van der Waals surface area (Å²) in [4.78, 5) is 5.87. The second kappa shape index (κ2) is 4.67. The van der Waals surface area contributed by atoms with E-state index in [0.717, 1.165) is 34.5 Å². The number of nitrogen functional groups attached to an aromatic ring is 1. The molecule has 2 N–H and O–H groups in total. The summed E-state index contributed by atoms with van der Waals surface area (Å²) >= 11 is 0. The Balaban J connectivity index is 2.14. The zero-order valence-electron chi connectivity index (χ0n) is 11.8. The summed E-state index contributed by atoms with van der Waals surface area (Å²) < 4.78 is 0. The molecule has 0 saturated heterocycles. The van der Waals surface area contributed by atoms with E-state index in [1.807, 2.05) is 44.2 Å². The van der Waals surface area contributed by atoms with Crippen LogP contribution in [0.4, 0.5) is 5.69 Å². The summed E-state index contributed by atoms with van der Waals surface area (Å²) in [5.74, 6) is 0. The maximum atomic E-state index is 5.93. The van der Waals surface area contributed by atoms with E-state index in [1.54, 1.807) is 0 Å². The number of benzene rings is 2. The predicted octanol–water partition coefficient (Wildman–Crippen LogP) is 3.62. The van der Waals surface area contributed by atoms with Crippen molar-refractivity contribution in [1.82, 2.24) is 0 Å². The van der Waals surface area contributed by atoms with Gasteiger partial charge in [-0.15, -0.1) is 0 Å². The van der Waals surface area contributed by atoms with Gasteiger partial charge in [-0.2, -0.15) is 0 Å². The molecule has 0 radical (unpaired) electrons. The van der Waals surface area contributed by atoms with Crippen LogP contribution < -0.4 is 5.73 Å². The third-order valence-electron chi connectivity index (χ3n) is 3.84. The van der Waals surface area contributed by atoms with Crippen molar-refractivity contribution in [3.05, 3.63) is 65.2 Å². The smallest absolute Gasteiger partial charge is 0.193 e. The molecular formula is C17H18N2O. The number of hydrogen-bond acceptors (Lipinski definition) is 3. The molecule has 3 heteroatoms. The van der Waals surface area contributed by atoms with Crippen LogP contribution in [-0.4, -0.2) is 5.71 Å². The molecule has 1 aliphatic rings. The lowest BCUT2D eigenvalue weighted by Gasteiger charge is -2.28. The molecule has 0 amide bonds. The van der Waals surface area contributed by atoms with Gasteiger partial charge in [0.25, 0.3) is 0 Å². The van der Waals surface area contributed by atoms with Gasteiger partial charge in [0.2, 0.25) is 0 Å². The normalized spacial score (nSPS) is 21.4. The molecule has 2 aromatic carbocycles. The van der Waals surface area contributed by atoms with Gasteiger partial charge in [0.1, 0.15) is 0 Å². The molecule has 1 heterocycles. The molecule has 0 aromatic heterocycles. The summed E-state index contributed by atoms with van der Waals surface area (Å²) in [5.41, 5.74) is 10.5. The first-order valence-corrected chi connectivity index (χ1v) is 6.75. The summed E-state index contributed by atoms with van der Waals surface area (Å²) in [6, 6.07) is 16.3. The largest absolute Gasteiger partial charge is 0.399 e. The standard InChI is InChI=1S/C17H18N2O/c1-12-10-15(8-9-16(12)18)17(11-13(2)19-20-17)14-6-4-3-5-7-14/h3-10H,11,18H2,1-2H3. The zero-order valence-corrected chi connectivity index (χ0v) is 11.8. The van der Waals surface area contributed by atoms with Crippen molar-refractivity contribution < 1.29 is 4.84 Å². The fraction of sp³-hybridized carbons (Fsp3) is 0.235. The van der Waals surface area contributed by atoms with Gasteiger partial charge in [-0.3, -0.25) is 0 Å². The summed E-state index contributed by atoms with van der Waals surface area (Å²) in [7, 11) is 0. The van der Waals surface area contributed by atoms with Crippen LogP contribution in [0.3, 0.4) is 0 Å². The Hall–Kier alpha value is -2.29. The highest BCUT2D eigenvalue weighted by Crippen LogP contribution is 2.41. The van der Waals surface area contributed by atoms with Crippen LogP contribution in [0.2, 0.25) is 0 Å². The summed E-state index contributed by atoms with van der Waals surface area (Å²) in [6.45, 7) is 4.01. The van der Waals surface area contributed by atoms with Gasteiger partial charge in [-0.05, 0) is 31.5 Å². The highest BCUT2D eigenvalue weighted by atomic mass is 16.7. The molecule has 0 aliphatic carbocycles. The second-order valence-corrected chi connectivity index (χ2v) is 5.36. The number of nitrogens with zero attached hydrogens (tertiary/aromatic N) is 1. The van der Waals surface area contributed by atoms with Crippen molar-refractivity contribution in [3.8, 4) is 0 Å². The zero-order chi connectivity index (χ0) is 14.2. The fourth-order valence-corrected chi connectivity index (χ4v) is 2.69. The van der Waals surface area contributed by atoms with Crippen LogP contribution in [0.1, 0.15) is 30.0 Å². The number of rotatable bonds is 2. The Bertz CT molecular complexity index is 664. The number of aryl methyl sites for hydroxylation is 1. The molecule has 102 valence electrons. The lowest BCUT2D eigenvalue weighted by molar-refractivity contribution is 0.0112. The van der Waals surface area contributed by atoms with Gasteiger partial charge < -0.3 is 10.6 Å². The van der Waals surface area contributed by atoms with Crippen LogP contribution in [0, 0.1) is 6.92 Å². The van der Waals surface area contributed by atoms with Gasteiger partial charge in [0.15, 0.2) is 5.60 Å². The van der Waals surface area contributed by atoms with Crippen molar-refractivity contribution in [2.45, 2.75) is 25.9 Å². The number of oxime groups is 1. The maximum Gasteiger partial charge on any atom is 0.193 e. The molecule has 20 heavy (non-hydrogen) atoms. The Morgan fingerprint density at radius 2 is 1.80 bits per heavy atom. The average Bonchev–Trinajstić information content (AvgIpc) is 2.86. The van der Waals surface area contributed by atoms with E-state index >= 15 is 0 Å². The minimum atomic E-state index is -0.524. The van der Waals surface area contributed by atoms with Gasteiger partial charge in [0.05, 0.1) is 5.71 Å². The summed E-state index contributed by atoms with van der Waals surface area (Å²) in [5, 5.41) is 4.18. The lowest BCUT2D eigenvalue weighted by atomic mass is 9.82. The molecule has 0 saturated carbocycles. The van der Waals surface area contributed by atoms with Gasteiger partial charge in [-0.25, -0.2) is 0 Å². The molecule has 1 atom stereocenters. The first kappa shape index (κ1) is 12.7. The minimum absolute atomic E-state index is 0.524. The van der Waals surface area contributed by atoms with E-state index in [2.05, 4.69) is 23.4 Å². The molecule has 1 aliphatic heterocycles. The number of hydrogen-bond donors (Lipinski definition) is 1. The lowest BCUT2D eigenvalue weighted by Crippen LogP contribution is -2.27. The van der Waals surface area contributed by atoms with Crippen molar-refractivity contribution in [2.75, 3.05) is 5.73 Å². The van der Waals surface area contributed by atoms with Crippen molar-refractivity contribution in [2.24, 2.45) is 5.16 Å². The van der Waals surface area contributed by atoms with E-state index in [1.165, 1.54) is 0 Å². The first-order valence-electron chi connectivity index (χ1n) is 6.75.